The van der Waals surface area contributed by atoms with Gasteiger partial charge in [0.05, 0.1) is 12.6 Å². The molecular formula is C80H96N6O11. The summed E-state index contributed by atoms with van der Waals surface area (Å²) in [7, 11) is 1.78. The molecule has 0 saturated heterocycles. The highest BCUT2D eigenvalue weighted by Gasteiger charge is 2.39. The van der Waals surface area contributed by atoms with Crippen LogP contribution in [0.15, 0.2) is 187 Å². The second kappa shape index (κ2) is 47.0. The van der Waals surface area contributed by atoms with Gasteiger partial charge in [0, 0.05) is 72.7 Å². The lowest BCUT2D eigenvalue weighted by Crippen LogP contribution is -2.43. The van der Waals surface area contributed by atoms with Gasteiger partial charge >= 0.3 is 0 Å². The fourth-order valence-corrected chi connectivity index (χ4v) is 9.23. The summed E-state index contributed by atoms with van der Waals surface area (Å²) in [5.41, 5.74) is 12.2. The van der Waals surface area contributed by atoms with E-state index in [-0.39, 0.29) is 36.1 Å². The van der Waals surface area contributed by atoms with Crippen LogP contribution in [0, 0.1) is 38.1 Å². The number of fused-ring (bicyclic) bond motifs is 6. The van der Waals surface area contributed by atoms with E-state index in [4.69, 9.17) is 32.1 Å². The van der Waals surface area contributed by atoms with Gasteiger partial charge in [-0.1, -0.05) is 250 Å². The summed E-state index contributed by atoms with van der Waals surface area (Å²) in [4.78, 5) is 106. The number of benzene rings is 6. The average molecular weight is 1320 g/mol. The molecule has 0 unspecified atom stereocenters. The van der Waals surface area contributed by atoms with Gasteiger partial charge in [0.2, 0.25) is 0 Å². The molecule has 6 aromatic rings. The number of allylic oxidation sites excluding steroid dienone is 11. The standard InChI is InChI=1S/C18H14N2O4.C16H8N2.C13H8O.C12H8O2.5C3H8.2C2H6.2CH3NO2/c1-3-19-15(21)9-5-7-11-14-12(18(24)20(4-2)17(11)23)8-6-10(13(9)14)16(19)22;1-18-15(10-17)16-13-8-4-2-6-11(13)12-7-3-5-9-14(12)16;14-13-11-7-3-1-5-9(11)10-6-2-4-8-12(10)13;13-11-5-1-9(2-6-11)10-3-7-12(14)8-4-10;5*1-3-2;2*1-2;2*1-2(3)4/h5-8H,3-4H2,1-2H3;2-9H;2*1-8H;5*3H2,1-2H3;2*1-2H3;2*1H3. The van der Waals surface area contributed by atoms with Crippen LogP contribution in [0.25, 0.3) is 43.4 Å². The van der Waals surface area contributed by atoms with Crippen molar-refractivity contribution in [3.05, 3.63) is 263 Å². The monoisotopic (exact) mass is 1320 g/mol. The zero-order chi connectivity index (χ0) is 73.9. The first kappa shape index (κ1) is 86.1. The van der Waals surface area contributed by atoms with Gasteiger partial charge in [-0.15, -0.1) is 0 Å². The van der Waals surface area contributed by atoms with Crippen LogP contribution in [0.4, 0.5) is 0 Å². The van der Waals surface area contributed by atoms with Gasteiger partial charge in [-0.3, -0.25) is 63.6 Å². The molecule has 0 bridgehead atoms. The minimum absolute atomic E-state index is 0.00537. The Morgan fingerprint density at radius 2 is 0.598 bits per heavy atom. The summed E-state index contributed by atoms with van der Waals surface area (Å²) in [6.45, 7) is 40.4. The number of imide groups is 2. The van der Waals surface area contributed by atoms with Crippen LogP contribution in [0.3, 0.4) is 0 Å². The van der Waals surface area contributed by atoms with Gasteiger partial charge in [-0.2, -0.15) is 0 Å². The van der Waals surface area contributed by atoms with Crippen LogP contribution >= 0.6 is 0 Å². The number of carbonyl (C=O) groups excluding carboxylic acids is 7. The highest BCUT2D eigenvalue weighted by Crippen LogP contribution is 2.45. The van der Waals surface area contributed by atoms with Crippen molar-refractivity contribution in [2.75, 3.05) is 27.2 Å². The molecule has 0 aromatic heterocycles. The second-order valence-corrected chi connectivity index (χ2v) is 20.7. The summed E-state index contributed by atoms with van der Waals surface area (Å²) < 4.78 is 0. The summed E-state index contributed by atoms with van der Waals surface area (Å²) in [6.07, 6.45) is 19.3. The molecule has 12 rings (SSSR count). The maximum Gasteiger partial charge on any atom is 0.270 e. The first-order valence-corrected chi connectivity index (χ1v) is 33.0. The van der Waals surface area contributed by atoms with Crippen molar-refractivity contribution in [2.24, 2.45) is 0 Å². The van der Waals surface area contributed by atoms with E-state index < -0.39 is 33.5 Å². The molecule has 6 aromatic carbocycles. The Labute approximate surface area is 574 Å². The predicted molar refractivity (Wildman–Crippen MR) is 393 cm³/mol. The number of nitrogens with zero attached hydrogens (tertiary/aromatic N) is 6. The number of ketones is 3. The van der Waals surface area contributed by atoms with Crippen molar-refractivity contribution < 1.29 is 43.4 Å². The summed E-state index contributed by atoms with van der Waals surface area (Å²) in [5, 5.41) is 27.6. The molecule has 0 saturated carbocycles. The van der Waals surface area contributed by atoms with Crippen molar-refractivity contribution >= 4 is 57.3 Å². The topological polar surface area (TPSA) is 240 Å². The van der Waals surface area contributed by atoms with E-state index in [1.807, 2.05) is 131 Å². The number of nitro groups is 2. The van der Waals surface area contributed by atoms with Crippen molar-refractivity contribution in [3.8, 4) is 28.3 Å². The zero-order valence-corrected chi connectivity index (χ0v) is 59.8. The van der Waals surface area contributed by atoms with Crippen LogP contribution in [-0.2, 0) is 9.59 Å². The summed E-state index contributed by atoms with van der Waals surface area (Å²) >= 11 is 0. The largest absolute Gasteiger partial charge is 0.290 e. The van der Waals surface area contributed by atoms with Crippen LogP contribution in [-0.4, -0.2) is 87.8 Å². The van der Waals surface area contributed by atoms with Gasteiger partial charge in [-0.25, -0.2) is 10.1 Å². The number of rotatable bonds is 2. The Bertz CT molecular complexity index is 3610. The zero-order valence-electron chi connectivity index (χ0n) is 59.8. The summed E-state index contributed by atoms with van der Waals surface area (Å²) in [5.74, 6) is -1.43. The van der Waals surface area contributed by atoms with Crippen molar-refractivity contribution in [3.63, 3.8) is 0 Å². The maximum absolute atomic E-state index is 12.6. The third-order valence-electron chi connectivity index (χ3n) is 12.5. The van der Waals surface area contributed by atoms with Gasteiger partial charge in [0.1, 0.15) is 0 Å². The molecule has 0 N–H and O–H groups in total. The molecule has 97 heavy (non-hydrogen) atoms. The first-order chi connectivity index (χ1) is 46.5. The lowest BCUT2D eigenvalue weighted by molar-refractivity contribution is -0.445. The SMILES string of the molecule is CC.CC.CCC.CCC.CCC.CCC.CCC.CCN1C(=O)c2ccc3c4c(ccc(c24)C1=O)C(=O)N(CC)C3=O.C[N+](=O)[O-].C[N+](=O)[O-].O=C1C=CC(=C2C=CC(=O)C=C2)C=C1.O=C1c2ccccc2-c2ccccc21.[C-]#[N+]C(C#N)=C1c2ccccc2-c2ccccc21. The molecule has 0 radical (unpaired) electrons. The first-order valence-electron chi connectivity index (χ1n) is 33.0. The van der Waals surface area contributed by atoms with E-state index in [9.17, 15) is 33.6 Å². The Balaban J connectivity index is 0.00000114. The molecule has 17 heteroatoms. The third kappa shape index (κ3) is 24.4. The van der Waals surface area contributed by atoms with Gasteiger partial charge < -0.3 is 0 Å². The fraction of sp³-hybridized carbons (Fsp3) is 0.312. The molecule has 6 aliphatic rings. The molecule has 512 valence electrons. The van der Waals surface area contributed by atoms with Crippen LogP contribution in [0.1, 0.15) is 211 Å². The highest BCUT2D eigenvalue weighted by atomic mass is 16.6. The number of hydrogen-bond donors (Lipinski definition) is 0. The molecule has 4 amide bonds. The number of amides is 4. The average Bonchev–Trinajstić information content (AvgIpc) is 1.58. The third-order valence-corrected chi connectivity index (χ3v) is 12.5. The molecule has 2 aliphatic heterocycles. The van der Waals surface area contributed by atoms with Crippen LogP contribution in [0.2, 0.25) is 0 Å². The number of hydrogen-bond acceptors (Lipinski definition) is 12. The predicted octanol–water partition coefficient (Wildman–Crippen LogP) is 19.4. The second-order valence-electron chi connectivity index (χ2n) is 20.7. The molecular weight excluding hydrogens is 1220 g/mol. The number of carbonyl (C=O) groups is 7. The maximum atomic E-state index is 12.6. The molecule has 4 aliphatic carbocycles. The van der Waals surface area contributed by atoms with Crippen LogP contribution in [0.5, 0.6) is 0 Å². The molecule has 0 atom stereocenters. The smallest absolute Gasteiger partial charge is 0.270 e. The van der Waals surface area contributed by atoms with E-state index >= 15 is 0 Å². The van der Waals surface area contributed by atoms with Crippen molar-refractivity contribution in [1.82, 2.24) is 9.80 Å². The van der Waals surface area contributed by atoms with Gasteiger partial charge in [-0.05, 0) is 107 Å². The summed E-state index contributed by atoms with van der Waals surface area (Å²) in [6, 6.07) is 39.6. The molecule has 0 fully saturated rings. The Kier molecular flexibility index (Phi) is 41.8. The van der Waals surface area contributed by atoms with Gasteiger partial charge in [0.15, 0.2) is 31.4 Å². The number of nitriles is 1. The van der Waals surface area contributed by atoms with Crippen LogP contribution < -0.4 is 0 Å². The van der Waals surface area contributed by atoms with Crippen molar-refractivity contribution in [1.29, 1.82) is 5.26 Å². The lowest BCUT2D eigenvalue weighted by Gasteiger charge is -2.31. The lowest BCUT2D eigenvalue weighted by atomic mass is 9.86. The van der Waals surface area contributed by atoms with E-state index in [0.717, 1.165) is 75.3 Å². The molecule has 0 spiro atoms. The fourth-order valence-electron chi connectivity index (χ4n) is 9.23. The van der Waals surface area contributed by atoms with E-state index in [1.54, 1.807) is 62.4 Å². The Morgan fingerprint density at radius 3 is 0.804 bits per heavy atom. The van der Waals surface area contributed by atoms with Gasteiger partial charge in [0.25, 0.3) is 29.3 Å². The quantitative estimate of drug-likeness (QED) is 0.0516. The van der Waals surface area contributed by atoms with Crippen molar-refractivity contribution in [2.45, 2.75) is 143 Å². The Morgan fingerprint density at radius 1 is 0.392 bits per heavy atom. The van der Waals surface area contributed by atoms with E-state index in [0.29, 0.717) is 33.0 Å². The Hall–Kier alpha value is -10.9. The highest BCUT2D eigenvalue weighted by molar-refractivity contribution is 6.33. The molecule has 17 nitrogen and oxygen atoms in total. The minimum atomic E-state index is -0.500. The van der Waals surface area contributed by atoms with E-state index in [1.165, 1.54) is 66.2 Å². The molecule has 2 heterocycles. The van der Waals surface area contributed by atoms with E-state index in [2.05, 4.69) is 74.1 Å². The normalized spacial score (nSPS) is 12.3. The minimum Gasteiger partial charge on any atom is -0.290 e.